The van der Waals surface area contributed by atoms with Crippen molar-refractivity contribution in [3.05, 3.63) is 0 Å². The summed E-state index contributed by atoms with van der Waals surface area (Å²) in [6, 6.07) is -0.429. The number of nitrogens with zero attached hydrogens (tertiary/aromatic N) is 1. The number of nitrogens with one attached hydrogen (secondary N) is 2. The smallest absolute Gasteiger partial charge is 0.236 e. The Bertz CT molecular complexity index is 220. The molecule has 14 heavy (non-hydrogen) atoms. The van der Waals surface area contributed by atoms with E-state index in [0.29, 0.717) is 0 Å². The van der Waals surface area contributed by atoms with Gasteiger partial charge in [-0.2, -0.15) is 0 Å². The number of nitrogens with two attached hydrogens (primary N) is 2. The van der Waals surface area contributed by atoms with Crippen LogP contribution >= 0.6 is 12.2 Å². The van der Waals surface area contributed by atoms with Gasteiger partial charge in [-0.15, -0.1) is 0 Å². The highest BCUT2D eigenvalue weighted by Crippen LogP contribution is 2.05. The van der Waals surface area contributed by atoms with Crippen LogP contribution in [0.3, 0.4) is 0 Å². The first-order chi connectivity index (χ1) is 6.40. The fourth-order valence-corrected chi connectivity index (χ4v) is 1.37. The van der Waals surface area contributed by atoms with Crippen molar-refractivity contribution < 1.29 is 4.79 Å². The molecule has 0 aliphatic rings. The van der Waals surface area contributed by atoms with Crippen LogP contribution in [-0.2, 0) is 4.79 Å². The zero-order valence-corrected chi connectivity index (χ0v) is 9.39. The molecule has 1 unspecified atom stereocenters. The predicted octanol–water partition coefficient (Wildman–Crippen LogP) is -1.32. The Kier molecular flexibility index (Phi) is 5.36. The third kappa shape index (κ3) is 3.86. The highest BCUT2D eigenvalue weighted by molar-refractivity contribution is 7.80. The third-order valence-electron chi connectivity index (χ3n) is 1.75. The lowest BCUT2D eigenvalue weighted by Crippen LogP contribution is -2.56. The van der Waals surface area contributed by atoms with E-state index < -0.39 is 11.9 Å². The van der Waals surface area contributed by atoms with Crippen LogP contribution in [0.2, 0.25) is 0 Å². The molecule has 0 aromatic heterocycles. The van der Waals surface area contributed by atoms with E-state index in [0.717, 1.165) is 0 Å². The second-order valence-electron chi connectivity index (χ2n) is 3.29. The minimum Gasteiger partial charge on any atom is -0.368 e. The van der Waals surface area contributed by atoms with Crippen molar-refractivity contribution in [2.75, 3.05) is 7.05 Å². The zero-order valence-electron chi connectivity index (χ0n) is 8.57. The maximum Gasteiger partial charge on any atom is 0.236 e. The van der Waals surface area contributed by atoms with Crippen LogP contribution in [0, 0.1) is 5.92 Å². The summed E-state index contributed by atoms with van der Waals surface area (Å²) in [6.07, 6.45) is 0. The average molecular weight is 219 g/mol. The monoisotopic (exact) mass is 219 g/mol. The van der Waals surface area contributed by atoms with Crippen LogP contribution in [0.1, 0.15) is 13.8 Å². The molecule has 0 spiro atoms. The summed E-state index contributed by atoms with van der Waals surface area (Å²) < 4.78 is 0. The molecule has 0 saturated heterocycles. The summed E-state index contributed by atoms with van der Waals surface area (Å²) >= 11 is 4.78. The van der Waals surface area contributed by atoms with E-state index in [1.807, 2.05) is 13.8 Å². The van der Waals surface area contributed by atoms with E-state index in [1.165, 1.54) is 5.01 Å². The lowest BCUT2D eigenvalue weighted by molar-refractivity contribution is -0.124. The van der Waals surface area contributed by atoms with Crippen LogP contribution < -0.4 is 22.4 Å². The van der Waals surface area contributed by atoms with Gasteiger partial charge >= 0.3 is 0 Å². The van der Waals surface area contributed by atoms with E-state index in [-0.39, 0.29) is 11.0 Å². The van der Waals surface area contributed by atoms with Gasteiger partial charge in [0.15, 0.2) is 5.11 Å². The molecule has 82 valence electrons. The molecule has 0 radical (unpaired) electrons. The van der Waals surface area contributed by atoms with Crippen LogP contribution in [0.25, 0.3) is 0 Å². The molecule has 0 aliphatic heterocycles. The van der Waals surface area contributed by atoms with Gasteiger partial charge in [0.2, 0.25) is 5.91 Å². The first-order valence-electron chi connectivity index (χ1n) is 4.19. The Labute approximate surface area is 88.9 Å². The number of carbonyl (C=O) groups is 1. The Balaban J connectivity index is 4.37. The van der Waals surface area contributed by atoms with Gasteiger partial charge in [-0.1, -0.05) is 13.8 Å². The van der Waals surface area contributed by atoms with Gasteiger partial charge in [-0.3, -0.25) is 15.6 Å². The molecule has 0 saturated carbocycles. The number of hydrogen-bond acceptors (Lipinski definition) is 4. The number of thiocarbonyl (C=S) groups is 1. The maximum absolute atomic E-state index is 11.1. The van der Waals surface area contributed by atoms with Crippen molar-refractivity contribution in [1.29, 1.82) is 0 Å². The molecule has 1 amide bonds. The van der Waals surface area contributed by atoms with E-state index in [2.05, 4.69) is 10.9 Å². The van der Waals surface area contributed by atoms with E-state index in [1.54, 1.807) is 7.05 Å². The molecule has 0 aliphatic carbocycles. The number of hydrogen-bond donors (Lipinski definition) is 4. The van der Waals surface area contributed by atoms with Crippen molar-refractivity contribution >= 4 is 23.2 Å². The highest BCUT2D eigenvalue weighted by atomic mass is 32.1. The Morgan fingerprint density at radius 3 is 2.29 bits per heavy atom. The number of likely N-dealkylation sites (N-methyl/N-ethyl adjacent to an activating group) is 1. The molecule has 0 aromatic carbocycles. The molecular formula is C7H17N5OS. The quantitative estimate of drug-likeness (QED) is 0.266. The van der Waals surface area contributed by atoms with Crippen LogP contribution in [-0.4, -0.2) is 29.1 Å². The summed E-state index contributed by atoms with van der Waals surface area (Å²) in [5, 5.41) is 1.77. The van der Waals surface area contributed by atoms with Gasteiger partial charge in [-0.25, -0.2) is 10.9 Å². The topological polar surface area (TPSA) is 96.4 Å². The number of hydrazine groups is 2. The molecule has 1 atom stereocenters. The van der Waals surface area contributed by atoms with Crippen molar-refractivity contribution in [3.8, 4) is 0 Å². The molecule has 6 N–H and O–H groups in total. The number of carbonyl (C=O) groups excluding carboxylic acids is 1. The summed E-state index contributed by atoms with van der Waals surface area (Å²) in [5.41, 5.74) is 10.2. The lowest BCUT2D eigenvalue weighted by atomic mass is 10.0. The van der Waals surface area contributed by atoms with Crippen LogP contribution in [0.5, 0.6) is 0 Å². The lowest BCUT2D eigenvalue weighted by Gasteiger charge is -2.29. The van der Waals surface area contributed by atoms with Crippen LogP contribution in [0.15, 0.2) is 0 Å². The Morgan fingerprint density at radius 2 is 2.00 bits per heavy atom. The molecule has 0 aromatic rings. The fourth-order valence-electron chi connectivity index (χ4n) is 1.23. The number of amides is 1. The van der Waals surface area contributed by atoms with Gasteiger partial charge in [0.05, 0.1) is 0 Å². The fraction of sp³-hybridized carbons (Fsp3) is 0.714. The molecule has 0 heterocycles. The first kappa shape index (κ1) is 13.1. The van der Waals surface area contributed by atoms with Gasteiger partial charge in [0, 0.05) is 7.05 Å². The van der Waals surface area contributed by atoms with Crippen molar-refractivity contribution in [3.63, 3.8) is 0 Å². The average Bonchev–Trinajstić information content (AvgIpc) is 2.02. The van der Waals surface area contributed by atoms with Crippen molar-refractivity contribution in [1.82, 2.24) is 15.9 Å². The van der Waals surface area contributed by atoms with Crippen molar-refractivity contribution in [2.45, 2.75) is 19.9 Å². The largest absolute Gasteiger partial charge is 0.368 e. The molecule has 0 fully saturated rings. The molecule has 0 bridgehead atoms. The second kappa shape index (κ2) is 5.74. The summed E-state index contributed by atoms with van der Waals surface area (Å²) in [5.74, 6) is 4.76. The number of rotatable bonds is 4. The zero-order chi connectivity index (χ0) is 11.3. The molecule has 0 rings (SSSR count). The standard InChI is InChI=1S/C7H17N5OS/c1-4(2)5(6(8)13)12(3)11-7(14)10-9/h4-5H,9H2,1-3H3,(H2,8,13)(H2,10,11,14). The van der Waals surface area contributed by atoms with Crippen molar-refractivity contribution in [2.24, 2.45) is 17.5 Å². The second-order valence-corrected chi connectivity index (χ2v) is 3.70. The summed E-state index contributed by atoms with van der Waals surface area (Å²) in [6.45, 7) is 3.79. The highest BCUT2D eigenvalue weighted by Gasteiger charge is 2.24. The molecule has 6 nitrogen and oxygen atoms in total. The third-order valence-corrected chi connectivity index (χ3v) is 1.96. The summed E-state index contributed by atoms with van der Waals surface area (Å²) in [7, 11) is 1.68. The Morgan fingerprint density at radius 1 is 1.50 bits per heavy atom. The SMILES string of the molecule is CC(C)C(C(N)=O)N(C)NC(=S)NN. The van der Waals surface area contributed by atoms with Gasteiger partial charge in [-0.05, 0) is 18.1 Å². The van der Waals surface area contributed by atoms with Gasteiger partial charge in [0.25, 0.3) is 0 Å². The van der Waals surface area contributed by atoms with Gasteiger partial charge in [0.1, 0.15) is 6.04 Å². The molecular weight excluding hydrogens is 202 g/mol. The first-order valence-corrected chi connectivity index (χ1v) is 4.60. The normalized spacial score (nSPS) is 12.7. The maximum atomic E-state index is 11.1. The van der Waals surface area contributed by atoms with E-state index in [9.17, 15) is 4.79 Å². The van der Waals surface area contributed by atoms with E-state index in [4.69, 9.17) is 23.8 Å². The summed E-state index contributed by atoms with van der Waals surface area (Å²) in [4.78, 5) is 11.1. The minimum atomic E-state index is -0.429. The van der Waals surface area contributed by atoms with Crippen LogP contribution in [0.4, 0.5) is 0 Å². The minimum absolute atomic E-state index is 0.0885. The predicted molar refractivity (Wildman–Crippen MR) is 58.6 cm³/mol. The Hall–Kier alpha value is -0.920. The van der Waals surface area contributed by atoms with E-state index >= 15 is 0 Å². The number of primary amides is 1. The molecule has 7 heteroatoms. The van der Waals surface area contributed by atoms with Gasteiger partial charge < -0.3 is 5.73 Å².